The van der Waals surface area contributed by atoms with E-state index in [9.17, 15) is 0 Å². The fraction of sp³-hybridized carbons (Fsp3) is 1.00. The topological polar surface area (TPSA) is 0 Å². The van der Waals surface area contributed by atoms with Gasteiger partial charge >= 0.3 is 0 Å². The van der Waals surface area contributed by atoms with E-state index in [-0.39, 0.29) is 0 Å². The van der Waals surface area contributed by atoms with Gasteiger partial charge in [-0.1, -0.05) is 13.8 Å². The number of nitrogens with zero attached hydrogens (tertiary/aromatic N) is 1. The zero-order valence-electron chi connectivity index (χ0n) is 9.07. The molecule has 0 saturated carbocycles. The van der Waals surface area contributed by atoms with E-state index in [0.717, 1.165) is 4.48 Å². The average Bonchev–Trinajstić information content (AvgIpc) is 2.02. The van der Waals surface area contributed by atoms with Crippen LogP contribution in [0.4, 0.5) is 0 Å². The van der Waals surface area contributed by atoms with Gasteiger partial charge < -0.3 is 4.48 Å². The van der Waals surface area contributed by atoms with Crippen LogP contribution in [-0.4, -0.2) is 30.7 Å². The highest BCUT2D eigenvalue weighted by atomic mass is 15.4. The van der Waals surface area contributed by atoms with E-state index in [1.807, 2.05) is 0 Å². The largest absolute Gasteiger partial charge is 0.324 e. The van der Waals surface area contributed by atoms with Crippen molar-refractivity contribution in [1.29, 1.82) is 0 Å². The van der Waals surface area contributed by atoms with Gasteiger partial charge in [0.2, 0.25) is 0 Å². The van der Waals surface area contributed by atoms with Crippen LogP contribution in [-0.2, 0) is 0 Å². The van der Waals surface area contributed by atoms with Crippen LogP contribution in [0.2, 0.25) is 0 Å². The minimum absolute atomic E-state index is 0.467. The minimum Gasteiger partial charge on any atom is -0.324 e. The molecule has 0 aromatic heterocycles. The molecular weight excluding hydrogens is 134 g/mol. The summed E-state index contributed by atoms with van der Waals surface area (Å²) in [6.45, 7) is 10.5. The Labute approximate surface area is 72.0 Å². The maximum atomic E-state index is 2.39. The molecule has 0 unspecified atom stereocenters. The SMILES string of the molecule is CCC(C)(CC)[N+](C)(C)CC. The van der Waals surface area contributed by atoms with Crippen LogP contribution < -0.4 is 0 Å². The third-order valence-corrected chi connectivity index (χ3v) is 3.78. The molecule has 0 saturated heterocycles. The van der Waals surface area contributed by atoms with Gasteiger partial charge in [-0.05, 0) is 26.7 Å². The maximum Gasteiger partial charge on any atom is 0.0954 e. The lowest BCUT2D eigenvalue weighted by molar-refractivity contribution is -0.939. The summed E-state index contributed by atoms with van der Waals surface area (Å²) in [6.07, 6.45) is 2.54. The standard InChI is InChI=1S/C10H24N/c1-7-10(4,8-2)11(5,6)9-3/h7-9H2,1-6H3/q+1. The Balaban J connectivity index is 4.47. The van der Waals surface area contributed by atoms with Gasteiger partial charge in [-0.2, -0.15) is 0 Å². The van der Waals surface area contributed by atoms with E-state index >= 15 is 0 Å². The molecule has 0 fully saturated rings. The lowest BCUT2D eigenvalue weighted by Gasteiger charge is -2.45. The van der Waals surface area contributed by atoms with Crippen LogP contribution in [0.5, 0.6) is 0 Å². The molecular formula is C10H24N+. The number of quaternary nitrogens is 1. The number of rotatable bonds is 4. The Morgan fingerprint density at radius 1 is 1.00 bits per heavy atom. The summed E-state index contributed by atoms with van der Waals surface area (Å²) in [5.41, 5.74) is 0.467. The van der Waals surface area contributed by atoms with Crippen LogP contribution in [0, 0.1) is 0 Å². The third-order valence-electron chi connectivity index (χ3n) is 3.78. The van der Waals surface area contributed by atoms with E-state index in [2.05, 4.69) is 41.8 Å². The molecule has 68 valence electrons. The molecule has 0 amide bonds. The second-order valence-electron chi connectivity index (χ2n) is 4.21. The summed E-state index contributed by atoms with van der Waals surface area (Å²) < 4.78 is 1.14. The second kappa shape index (κ2) is 3.57. The van der Waals surface area contributed by atoms with E-state index in [4.69, 9.17) is 0 Å². The van der Waals surface area contributed by atoms with E-state index in [1.165, 1.54) is 19.4 Å². The highest BCUT2D eigenvalue weighted by Crippen LogP contribution is 2.27. The Kier molecular flexibility index (Phi) is 3.56. The summed E-state index contributed by atoms with van der Waals surface area (Å²) >= 11 is 0. The van der Waals surface area contributed by atoms with Crippen molar-refractivity contribution >= 4 is 0 Å². The van der Waals surface area contributed by atoms with Crippen molar-refractivity contribution < 1.29 is 4.48 Å². The number of hydrogen-bond acceptors (Lipinski definition) is 0. The second-order valence-corrected chi connectivity index (χ2v) is 4.21. The molecule has 0 aliphatic carbocycles. The normalized spacial score (nSPS) is 13.6. The molecule has 0 bridgehead atoms. The summed E-state index contributed by atoms with van der Waals surface area (Å²) in [5, 5.41) is 0. The molecule has 1 heteroatoms. The fourth-order valence-electron chi connectivity index (χ4n) is 1.49. The predicted molar refractivity (Wildman–Crippen MR) is 51.6 cm³/mol. The molecule has 0 aliphatic heterocycles. The van der Waals surface area contributed by atoms with Gasteiger partial charge in [0.1, 0.15) is 0 Å². The molecule has 0 N–H and O–H groups in total. The van der Waals surface area contributed by atoms with Crippen molar-refractivity contribution in [3.05, 3.63) is 0 Å². The fourth-order valence-corrected chi connectivity index (χ4v) is 1.49. The van der Waals surface area contributed by atoms with E-state index in [1.54, 1.807) is 0 Å². The van der Waals surface area contributed by atoms with Crippen LogP contribution in [0.1, 0.15) is 40.5 Å². The molecule has 0 aromatic rings. The summed E-state index contributed by atoms with van der Waals surface area (Å²) in [5.74, 6) is 0. The molecule has 11 heavy (non-hydrogen) atoms. The third kappa shape index (κ3) is 1.96. The molecule has 1 nitrogen and oxygen atoms in total. The molecule has 0 aliphatic rings. The van der Waals surface area contributed by atoms with Crippen molar-refractivity contribution in [2.24, 2.45) is 0 Å². The first-order valence-electron chi connectivity index (χ1n) is 4.76. The molecule has 0 rings (SSSR count). The zero-order valence-corrected chi connectivity index (χ0v) is 9.07. The Bertz CT molecular complexity index is 112. The highest BCUT2D eigenvalue weighted by molar-refractivity contribution is 4.70. The van der Waals surface area contributed by atoms with Gasteiger partial charge in [0.15, 0.2) is 0 Å². The first-order valence-corrected chi connectivity index (χ1v) is 4.76. The van der Waals surface area contributed by atoms with Crippen LogP contribution in [0.15, 0.2) is 0 Å². The maximum absolute atomic E-state index is 2.39. The van der Waals surface area contributed by atoms with Gasteiger partial charge in [-0.15, -0.1) is 0 Å². The molecule has 0 heterocycles. The van der Waals surface area contributed by atoms with Crippen molar-refractivity contribution in [2.45, 2.75) is 46.1 Å². The van der Waals surface area contributed by atoms with Gasteiger partial charge in [0, 0.05) is 0 Å². The van der Waals surface area contributed by atoms with Gasteiger partial charge in [0.05, 0.1) is 26.2 Å². The molecule has 0 spiro atoms. The van der Waals surface area contributed by atoms with Crippen molar-refractivity contribution in [3.63, 3.8) is 0 Å². The highest BCUT2D eigenvalue weighted by Gasteiger charge is 2.35. The van der Waals surface area contributed by atoms with Crippen LogP contribution in [0.25, 0.3) is 0 Å². The van der Waals surface area contributed by atoms with Crippen molar-refractivity contribution in [1.82, 2.24) is 0 Å². The first kappa shape index (κ1) is 11.0. The van der Waals surface area contributed by atoms with Gasteiger partial charge in [-0.3, -0.25) is 0 Å². The lowest BCUT2D eigenvalue weighted by Crippen LogP contribution is -2.56. The van der Waals surface area contributed by atoms with Crippen LogP contribution >= 0.6 is 0 Å². The van der Waals surface area contributed by atoms with Crippen LogP contribution in [0.3, 0.4) is 0 Å². The van der Waals surface area contributed by atoms with Crippen molar-refractivity contribution in [2.75, 3.05) is 20.6 Å². The zero-order chi connectivity index (χ0) is 9.12. The van der Waals surface area contributed by atoms with Gasteiger partial charge in [-0.25, -0.2) is 0 Å². The number of hydrogen-bond donors (Lipinski definition) is 0. The van der Waals surface area contributed by atoms with E-state index in [0.29, 0.717) is 5.54 Å². The smallest absolute Gasteiger partial charge is 0.0954 e. The monoisotopic (exact) mass is 158 g/mol. The molecule has 0 aromatic carbocycles. The lowest BCUT2D eigenvalue weighted by atomic mass is 9.91. The van der Waals surface area contributed by atoms with Gasteiger partial charge in [0.25, 0.3) is 0 Å². The predicted octanol–water partition coefficient (Wildman–Crippen LogP) is 2.66. The first-order chi connectivity index (χ1) is 4.93. The summed E-state index contributed by atoms with van der Waals surface area (Å²) in [6, 6.07) is 0. The Morgan fingerprint density at radius 3 is 1.45 bits per heavy atom. The summed E-state index contributed by atoms with van der Waals surface area (Å²) in [4.78, 5) is 0. The molecule has 0 radical (unpaired) electrons. The Hall–Kier alpha value is -0.0400. The Morgan fingerprint density at radius 2 is 1.36 bits per heavy atom. The van der Waals surface area contributed by atoms with E-state index < -0.39 is 0 Å². The summed E-state index contributed by atoms with van der Waals surface area (Å²) in [7, 11) is 4.65. The quantitative estimate of drug-likeness (QED) is 0.552. The average molecular weight is 158 g/mol. The molecule has 0 atom stereocenters. The van der Waals surface area contributed by atoms with Crippen molar-refractivity contribution in [3.8, 4) is 0 Å². The minimum atomic E-state index is 0.467.